The van der Waals surface area contributed by atoms with Gasteiger partial charge in [-0.05, 0) is 57.9 Å². The lowest BCUT2D eigenvalue weighted by Gasteiger charge is -2.34. The maximum Gasteiger partial charge on any atom is 0.273 e. The maximum atomic E-state index is 13.6. The molecule has 0 N–H and O–H groups in total. The zero-order valence-corrected chi connectivity index (χ0v) is 19.5. The Morgan fingerprint density at radius 1 is 0.939 bits per heavy atom. The lowest BCUT2D eigenvalue weighted by Crippen LogP contribution is -2.56. The molecule has 33 heavy (non-hydrogen) atoms. The van der Waals surface area contributed by atoms with E-state index in [9.17, 15) is 19.2 Å². The summed E-state index contributed by atoms with van der Waals surface area (Å²) in [5.74, 6) is -2.90. The van der Waals surface area contributed by atoms with E-state index in [0.717, 1.165) is 21.2 Å². The minimum Gasteiger partial charge on any atom is -0.292 e. The summed E-state index contributed by atoms with van der Waals surface area (Å²) in [6, 6.07) is 12.0. The van der Waals surface area contributed by atoms with E-state index >= 15 is 0 Å². The minimum absolute atomic E-state index is 0.229. The number of benzene rings is 2. The van der Waals surface area contributed by atoms with Gasteiger partial charge in [-0.15, -0.1) is 0 Å². The molecule has 2 aromatic rings. The second-order valence-electron chi connectivity index (χ2n) is 8.75. The van der Waals surface area contributed by atoms with Crippen LogP contribution in [0.1, 0.15) is 53.0 Å². The fourth-order valence-corrected chi connectivity index (χ4v) is 4.59. The molecular weight excluding hydrogens is 440 g/mol. The molecule has 1 heterocycles. The molecule has 2 aliphatic rings. The predicted molar refractivity (Wildman–Crippen MR) is 124 cm³/mol. The van der Waals surface area contributed by atoms with Crippen molar-refractivity contribution >= 4 is 35.1 Å². The van der Waals surface area contributed by atoms with Crippen molar-refractivity contribution in [3.8, 4) is 0 Å². The lowest BCUT2D eigenvalue weighted by molar-refractivity contribution is -0.156. The average Bonchev–Trinajstić information content (AvgIpc) is 3.04. The van der Waals surface area contributed by atoms with Gasteiger partial charge >= 0.3 is 0 Å². The Balaban J connectivity index is 1.74. The number of halogens is 1. The second kappa shape index (κ2) is 8.94. The van der Waals surface area contributed by atoms with Gasteiger partial charge < -0.3 is 0 Å². The van der Waals surface area contributed by atoms with Crippen molar-refractivity contribution in [2.24, 2.45) is 11.8 Å². The molecule has 4 rings (SSSR count). The highest BCUT2D eigenvalue weighted by atomic mass is 35.5. The van der Waals surface area contributed by atoms with E-state index in [-0.39, 0.29) is 11.3 Å². The topological polar surface area (TPSA) is 74.8 Å². The highest BCUT2D eigenvalue weighted by Gasteiger charge is 2.53. The molecule has 0 radical (unpaired) electrons. The molecule has 170 valence electrons. The summed E-state index contributed by atoms with van der Waals surface area (Å²) in [5.41, 5.74) is 2.66. The summed E-state index contributed by atoms with van der Waals surface area (Å²) in [5, 5.41) is 2.39. The summed E-state index contributed by atoms with van der Waals surface area (Å²) < 4.78 is 0. The van der Waals surface area contributed by atoms with Crippen LogP contribution in [-0.4, -0.2) is 39.6 Å². The molecule has 0 unspecified atom stereocenters. The van der Waals surface area contributed by atoms with E-state index in [2.05, 4.69) is 0 Å². The highest BCUT2D eigenvalue weighted by molar-refractivity contribution is 6.30. The number of carbonyl (C=O) groups excluding carboxylic acids is 4. The first-order valence-electron chi connectivity index (χ1n) is 10.9. The molecule has 0 spiro atoms. The molecule has 7 heteroatoms. The standard InChI is InChI=1S/C26H25ClN2O4/c1-15-4-7-18(8-5-15)23(30)17(3)28(24(31)19-9-11-20(27)12-10-19)29-25(32)21-13-6-16(2)14-22(21)26(29)33/h4-12,17,21-22H,13-14H2,1-3H3/t17-,21-,22-/m0/s1. The van der Waals surface area contributed by atoms with Gasteiger partial charge in [0.25, 0.3) is 17.7 Å². The van der Waals surface area contributed by atoms with Crippen molar-refractivity contribution < 1.29 is 19.2 Å². The lowest BCUT2D eigenvalue weighted by atomic mass is 9.82. The van der Waals surface area contributed by atoms with Crippen LogP contribution in [0.4, 0.5) is 0 Å². The average molecular weight is 465 g/mol. The van der Waals surface area contributed by atoms with Crippen LogP contribution in [0.25, 0.3) is 0 Å². The fraction of sp³-hybridized carbons (Fsp3) is 0.308. The molecular formula is C26H25ClN2O4. The zero-order chi connectivity index (χ0) is 23.9. The van der Waals surface area contributed by atoms with Gasteiger partial charge in [-0.3, -0.25) is 19.2 Å². The summed E-state index contributed by atoms with van der Waals surface area (Å²) in [4.78, 5) is 53.7. The number of hydrazine groups is 1. The Bertz CT molecular complexity index is 1150. The normalized spacial score (nSPS) is 20.8. The van der Waals surface area contributed by atoms with Crippen LogP contribution in [0.5, 0.6) is 0 Å². The Morgan fingerprint density at radius 3 is 2.15 bits per heavy atom. The number of aryl methyl sites for hydroxylation is 1. The van der Waals surface area contributed by atoms with Crippen LogP contribution in [0.3, 0.4) is 0 Å². The third-order valence-corrected chi connectivity index (χ3v) is 6.65. The molecule has 3 atom stereocenters. The van der Waals surface area contributed by atoms with Gasteiger partial charge in [-0.2, -0.15) is 5.01 Å². The molecule has 1 saturated heterocycles. The number of allylic oxidation sites excluding steroid dienone is 2. The van der Waals surface area contributed by atoms with E-state index < -0.39 is 35.6 Å². The van der Waals surface area contributed by atoms with Crippen LogP contribution < -0.4 is 0 Å². The summed E-state index contributed by atoms with van der Waals surface area (Å²) in [7, 11) is 0. The van der Waals surface area contributed by atoms with Gasteiger partial charge in [0.05, 0.1) is 11.8 Å². The van der Waals surface area contributed by atoms with Crippen molar-refractivity contribution in [2.75, 3.05) is 0 Å². The number of rotatable bonds is 5. The number of Topliss-reactive ketones (excluding diaryl/α,β-unsaturated/α-hetero) is 1. The number of hydrogen-bond acceptors (Lipinski definition) is 4. The van der Waals surface area contributed by atoms with Crippen molar-refractivity contribution in [1.29, 1.82) is 0 Å². The number of hydrogen-bond donors (Lipinski definition) is 0. The molecule has 2 aromatic carbocycles. The monoisotopic (exact) mass is 464 g/mol. The quantitative estimate of drug-likeness (QED) is 0.367. The number of carbonyl (C=O) groups is 4. The van der Waals surface area contributed by atoms with E-state index in [1.54, 1.807) is 43.3 Å². The highest BCUT2D eigenvalue weighted by Crippen LogP contribution is 2.39. The maximum absolute atomic E-state index is 13.6. The van der Waals surface area contributed by atoms with E-state index in [1.165, 1.54) is 12.1 Å². The third kappa shape index (κ3) is 4.23. The summed E-state index contributed by atoms with van der Waals surface area (Å²) in [6.07, 6.45) is 2.87. The van der Waals surface area contributed by atoms with Crippen LogP contribution in [0.15, 0.2) is 60.2 Å². The van der Waals surface area contributed by atoms with E-state index in [4.69, 9.17) is 11.6 Å². The van der Waals surface area contributed by atoms with Gasteiger partial charge in [-0.1, -0.05) is 53.1 Å². The SMILES string of the molecule is CC1=CC[C@@H]2C(=O)N(N(C(=O)c3ccc(Cl)cc3)[C@@H](C)C(=O)c3ccc(C)cc3)C(=O)[C@H]2C1. The van der Waals surface area contributed by atoms with E-state index in [0.29, 0.717) is 23.4 Å². The molecule has 3 amide bonds. The third-order valence-electron chi connectivity index (χ3n) is 6.40. The first kappa shape index (κ1) is 22.9. The summed E-state index contributed by atoms with van der Waals surface area (Å²) >= 11 is 5.97. The number of nitrogens with zero attached hydrogens (tertiary/aromatic N) is 2. The largest absolute Gasteiger partial charge is 0.292 e. The smallest absolute Gasteiger partial charge is 0.273 e. The number of ketones is 1. The van der Waals surface area contributed by atoms with Gasteiger partial charge in [0, 0.05) is 16.1 Å². The van der Waals surface area contributed by atoms with Crippen molar-refractivity contribution in [3.05, 3.63) is 81.9 Å². The molecule has 1 aliphatic carbocycles. The Kier molecular flexibility index (Phi) is 6.21. The molecule has 1 aliphatic heterocycles. The van der Waals surface area contributed by atoms with Crippen molar-refractivity contribution in [2.45, 2.75) is 39.7 Å². The van der Waals surface area contributed by atoms with Gasteiger partial charge in [0.1, 0.15) is 6.04 Å². The number of imide groups is 1. The van der Waals surface area contributed by atoms with Crippen LogP contribution in [0.2, 0.25) is 5.02 Å². The predicted octanol–water partition coefficient (Wildman–Crippen LogP) is 4.62. The van der Waals surface area contributed by atoms with Crippen molar-refractivity contribution in [3.63, 3.8) is 0 Å². The minimum atomic E-state index is -1.07. The van der Waals surface area contributed by atoms with Crippen molar-refractivity contribution in [1.82, 2.24) is 10.0 Å². The molecule has 1 fully saturated rings. The zero-order valence-electron chi connectivity index (χ0n) is 18.7. The Hall–Kier alpha value is -3.25. The van der Waals surface area contributed by atoms with Crippen LogP contribution in [-0.2, 0) is 9.59 Å². The molecule has 0 aromatic heterocycles. The van der Waals surface area contributed by atoms with Crippen LogP contribution >= 0.6 is 11.6 Å². The van der Waals surface area contributed by atoms with Crippen LogP contribution in [0, 0.1) is 18.8 Å². The molecule has 0 bridgehead atoms. The van der Waals surface area contributed by atoms with Gasteiger partial charge in [0.2, 0.25) is 0 Å². The first-order chi connectivity index (χ1) is 15.7. The Morgan fingerprint density at radius 2 is 1.52 bits per heavy atom. The molecule has 0 saturated carbocycles. The van der Waals surface area contributed by atoms with E-state index in [1.807, 2.05) is 19.9 Å². The van der Waals surface area contributed by atoms with Gasteiger partial charge in [-0.25, -0.2) is 5.01 Å². The second-order valence-corrected chi connectivity index (χ2v) is 9.19. The molecule has 6 nitrogen and oxygen atoms in total. The number of fused-ring (bicyclic) bond motifs is 1. The Labute approximate surface area is 197 Å². The number of amides is 3. The van der Waals surface area contributed by atoms with Gasteiger partial charge in [0.15, 0.2) is 5.78 Å². The summed E-state index contributed by atoms with van der Waals surface area (Å²) in [6.45, 7) is 5.38. The fourth-order valence-electron chi connectivity index (χ4n) is 4.47. The first-order valence-corrected chi connectivity index (χ1v) is 11.3.